The fraction of sp³-hybridized carbons (Fsp3) is 0.125. The Morgan fingerprint density at radius 2 is 2.20 bits per heavy atom. The molecular formula is C8H6ClNO5. The maximum absolute atomic E-state index is 10.7. The van der Waals surface area contributed by atoms with Crippen molar-refractivity contribution >= 4 is 23.3 Å². The van der Waals surface area contributed by atoms with Gasteiger partial charge >= 0.3 is 5.97 Å². The van der Waals surface area contributed by atoms with Crippen LogP contribution in [0.25, 0.3) is 0 Å². The number of ether oxygens (including phenoxy) is 1. The van der Waals surface area contributed by atoms with Gasteiger partial charge in [0.1, 0.15) is 11.3 Å². The number of hydrogen-bond donors (Lipinski definition) is 1. The number of hydrogen-bond acceptors (Lipinski definition) is 4. The minimum Gasteiger partial charge on any atom is -0.495 e. The summed E-state index contributed by atoms with van der Waals surface area (Å²) in [7, 11) is 1.28. The van der Waals surface area contributed by atoms with E-state index < -0.39 is 22.1 Å². The maximum atomic E-state index is 10.7. The van der Waals surface area contributed by atoms with Crippen LogP contribution in [0.4, 0.5) is 5.69 Å². The number of nitro groups is 1. The Morgan fingerprint density at radius 3 is 2.60 bits per heavy atom. The summed E-state index contributed by atoms with van der Waals surface area (Å²) in [4.78, 5) is 20.4. The molecule has 7 heteroatoms. The molecule has 0 unspecified atom stereocenters. The average Bonchev–Trinajstić information content (AvgIpc) is 2.16. The van der Waals surface area contributed by atoms with Gasteiger partial charge in [0.2, 0.25) is 0 Å². The predicted molar refractivity (Wildman–Crippen MR) is 51.6 cm³/mol. The van der Waals surface area contributed by atoms with Crippen LogP contribution in [0, 0.1) is 10.1 Å². The highest BCUT2D eigenvalue weighted by molar-refractivity contribution is 6.32. The highest BCUT2D eigenvalue weighted by Gasteiger charge is 2.22. The van der Waals surface area contributed by atoms with Crippen molar-refractivity contribution in [1.29, 1.82) is 0 Å². The number of carboxylic acids is 1. The molecule has 0 spiro atoms. The Bertz CT molecular complexity index is 431. The zero-order chi connectivity index (χ0) is 11.6. The van der Waals surface area contributed by atoms with E-state index >= 15 is 0 Å². The van der Waals surface area contributed by atoms with E-state index in [1.165, 1.54) is 7.11 Å². The van der Waals surface area contributed by atoms with Gasteiger partial charge in [-0.15, -0.1) is 0 Å². The van der Waals surface area contributed by atoms with Gasteiger partial charge in [0.15, 0.2) is 0 Å². The lowest BCUT2D eigenvalue weighted by Gasteiger charge is -2.04. The number of rotatable bonds is 3. The quantitative estimate of drug-likeness (QED) is 0.634. The van der Waals surface area contributed by atoms with Crippen molar-refractivity contribution in [1.82, 2.24) is 0 Å². The predicted octanol–water partition coefficient (Wildman–Crippen LogP) is 1.95. The zero-order valence-corrected chi connectivity index (χ0v) is 8.32. The minimum absolute atomic E-state index is 0.0144. The molecule has 0 saturated carbocycles. The molecule has 0 fully saturated rings. The van der Waals surface area contributed by atoms with Gasteiger partial charge in [-0.1, -0.05) is 11.6 Å². The van der Waals surface area contributed by atoms with Crippen LogP contribution in [0.15, 0.2) is 12.1 Å². The lowest BCUT2D eigenvalue weighted by Crippen LogP contribution is -2.03. The molecule has 0 heterocycles. The molecule has 0 aromatic heterocycles. The number of nitrogens with zero attached hydrogens (tertiary/aromatic N) is 1. The molecule has 1 aromatic rings. The number of nitro benzene ring substituents is 1. The summed E-state index contributed by atoms with van der Waals surface area (Å²) in [6.45, 7) is 0. The van der Waals surface area contributed by atoms with Crippen molar-refractivity contribution in [3.63, 3.8) is 0 Å². The summed E-state index contributed by atoms with van der Waals surface area (Å²) in [5.41, 5.74) is -1.02. The number of halogens is 1. The first-order valence-electron chi connectivity index (χ1n) is 3.72. The summed E-state index contributed by atoms with van der Waals surface area (Å²) in [6, 6.07) is 1.96. The number of methoxy groups -OCH3 is 1. The third-order valence-corrected chi connectivity index (χ3v) is 1.99. The molecule has 1 rings (SSSR count). The SMILES string of the molecule is COc1cc([N+](=O)[O-])c(C(=O)O)cc1Cl. The van der Waals surface area contributed by atoms with E-state index in [0.29, 0.717) is 0 Å². The largest absolute Gasteiger partial charge is 0.495 e. The summed E-state index contributed by atoms with van der Waals surface area (Å²) >= 11 is 5.64. The van der Waals surface area contributed by atoms with Crippen molar-refractivity contribution in [2.45, 2.75) is 0 Å². The number of aromatic carboxylic acids is 1. The Labute approximate surface area is 89.2 Å². The molecule has 15 heavy (non-hydrogen) atoms. The highest BCUT2D eigenvalue weighted by atomic mass is 35.5. The second-order valence-corrected chi connectivity index (χ2v) is 2.97. The summed E-state index contributed by atoms with van der Waals surface area (Å²) in [5.74, 6) is -1.35. The molecule has 6 nitrogen and oxygen atoms in total. The van der Waals surface area contributed by atoms with Gasteiger partial charge < -0.3 is 9.84 Å². The van der Waals surface area contributed by atoms with E-state index in [1.54, 1.807) is 0 Å². The second kappa shape index (κ2) is 4.14. The van der Waals surface area contributed by atoms with Gasteiger partial charge in [0, 0.05) is 0 Å². The summed E-state index contributed by atoms with van der Waals surface area (Å²) in [6.07, 6.45) is 0. The normalized spacial score (nSPS) is 9.73. The Morgan fingerprint density at radius 1 is 1.60 bits per heavy atom. The van der Waals surface area contributed by atoms with Crippen molar-refractivity contribution in [3.05, 3.63) is 32.8 Å². The Hall–Kier alpha value is -1.82. The molecule has 0 aliphatic rings. The van der Waals surface area contributed by atoms with Crippen LogP contribution >= 0.6 is 11.6 Å². The zero-order valence-electron chi connectivity index (χ0n) is 7.56. The molecule has 0 bridgehead atoms. The topological polar surface area (TPSA) is 89.7 Å². The molecule has 0 radical (unpaired) electrons. The molecule has 0 aliphatic carbocycles. The summed E-state index contributed by atoms with van der Waals surface area (Å²) in [5, 5.41) is 19.3. The fourth-order valence-corrected chi connectivity index (χ4v) is 1.26. The first kappa shape index (κ1) is 11.3. The van der Waals surface area contributed by atoms with Gasteiger partial charge in [-0.3, -0.25) is 10.1 Å². The third kappa shape index (κ3) is 2.16. The van der Waals surface area contributed by atoms with E-state index in [1.807, 2.05) is 0 Å². The van der Waals surface area contributed by atoms with E-state index in [4.69, 9.17) is 21.4 Å². The van der Waals surface area contributed by atoms with Crippen LogP contribution in [0.2, 0.25) is 5.02 Å². The first-order chi connectivity index (χ1) is 6.97. The van der Waals surface area contributed by atoms with E-state index in [2.05, 4.69) is 0 Å². The fourth-order valence-electron chi connectivity index (χ4n) is 1.02. The molecule has 0 aliphatic heterocycles. The standard InChI is InChI=1S/C8H6ClNO5/c1-15-7-3-6(10(13)14)4(8(11)12)2-5(7)9/h2-3H,1H3,(H,11,12). The smallest absolute Gasteiger partial charge is 0.342 e. The first-order valence-corrected chi connectivity index (χ1v) is 4.10. The average molecular weight is 232 g/mol. The van der Waals surface area contributed by atoms with Crippen molar-refractivity contribution in [2.75, 3.05) is 7.11 Å². The van der Waals surface area contributed by atoms with Crippen molar-refractivity contribution in [3.8, 4) is 5.75 Å². The Kier molecular flexibility index (Phi) is 3.11. The van der Waals surface area contributed by atoms with Gasteiger partial charge in [-0.05, 0) is 6.07 Å². The lowest BCUT2D eigenvalue weighted by atomic mass is 10.1. The molecule has 0 amide bonds. The van der Waals surface area contributed by atoms with Crippen LogP contribution in [-0.2, 0) is 0 Å². The lowest BCUT2D eigenvalue weighted by molar-refractivity contribution is -0.385. The van der Waals surface area contributed by atoms with Crippen molar-refractivity contribution in [2.24, 2.45) is 0 Å². The molecule has 0 saturated heterocycles. The molecule has 0 atom stereocenters. The molecule has 1 aromatic carbocycles. The third-order valence-electron chi connectivity index (χ3n) is 1.70. The monoisotopic (exact) mass is 231 g/mol. The molecule has 1 N–H and O–H groups in total. The number of carbonyl (C=O) groups is 1. The number of carboxylic acid groups (broad SMARTS) is 1. The Balaban J connectivity index is 3.45. The van der Waals surface area contributed by atoms with E-state index in [9.17, 15) is 14.9 Å². The molecular weight excluding hydrogens is 226 g/mol. The highest BCUT2D eigenvalue weighted by Crippen LogP contribution is 2.32. The van der Waals surface area contributed by atoms with Gasteiger partial charge in [-0.25, -0.2) is 4.79 Å². The van der Waals surface area contributed by atoms with Crippen LogP contribution in [0.5, 0.6) is 5.75 Å². The minimum atomic E-state index is -1.41. The summed E-state index contributed by atoms with van der Waals surface area (Å²) < 4.78 is 4.74. The number of benzene rings is 1. The van der Waals surface area contributed by atoms with Crippen LogP contribution in [0.1, 0.15) is 10.4 Å². The van der Waals surface area contributed by atoms with Crippen LogP contribution in [-0.4, -0.2) is 23.1 Å². The maximum Gasteiger partial charge on any atom is 0.342 e. The van der Waals surface area contributed by atoms with Crippen LogP contribution < -0.4 is 4.74 Å². The van der Waals surface area contributed by atoms with Gasteiger partial charge in [0.25, 0.3) is 5.69 Å². The second-order valence-electron chi connectivity index (χ2n) is 2.57. The van der Waals surface area contributed by atoms with Gasteiger partial charge in [-0.2, -0.15) is 0 Å². The molecule has 80 valence electrons. The van der Waals surface area contributed by atoms with E-state index in [0.717, 1.165) is 12.1 Å². The van der Waals surface area contributed by atoms with Crippen molar-refractivity contribution < 1.29 is 19.6 Å². The van der Waals surface area contributed by atoms with Crippen LogP contribution in [0.3, 0.4) is 0 Å². The van der Waals surface area contributed by atoms with Gasteiger partial charge in [0.05, 0.1) is 23.1 Å². The van der Waals surface area contributed by atoms with E-state index in [-0.39, 0.29) is 10.8 Å².